The van der Waals surface area contributed by atoms with Gasteiger partial charge in [0.1, 0.15) is 5.69 Å². The monoisotopic (exact) mass is 327 g/mol. The van der Waals surface area contributed by atoms with E-state index in [4.69, 9.17) is 5.73 Å². The summed E-state index contributed by atoms with van der Waals surface area (Å²) in [5, 5.41) is 12.7. The molecule has 2 rings (SSSR count). The van der Waals surface area contributed by atoms with Gasteiger partial charge in [0.05, 0.1) is 9.82 Å². The van der Waals surface area contributed by atoms with Gasteiger partial charge in [-0.3, -0.25) is 10.1 Å². The van der Waals surface area contributed by atoms with Crippen molar-refractivity contribution in [2.24, 2.45) is 0 Å². The Morgan fingerprint density at radius 3 is 2.71 bits per heavy atom. The summed E-state index contributed by atoms with van der Waals surface area (Å²) in [7, 11) is -3.79. The first-order chi connectivity index (χ1) is 9.90. The SMILES string of the molecule is Nc1ccc(S(=O)(=O)NCCc2cccs2)cc1[N+](=O)[O-]. The molecule has 0 fully saturated rings. The van der Waals surface area contributed by atoms with Crippen molar-refractivity contribution >= 4 is 32.7 Å². The maximum Gasteiger partial charge on any atom is 0.293 e. The number of nitrogens with one attached hydrogen (secondary N) is 1. The van der Waals surface area contributed by atoms with Crippen LogP contribution in [0, 0.1) is 10.1 Å². The lowest BCUT2D eigenvalue weighted by atomic mass is 10.3. The Morgan fingerprint density at radius 1 is 1.33 bits per heavy atom. The van der Waals surface area contributed by atoms with E-state index in [1.165, 1.54) is 23.5 Å². The van der Waals surface area contributed by atoms with Crippen molar-refractivity contribution in [2.45, 2.75) is 11.3 Å². The first kappa shape index (κ1) is 15.4. The van der Waals surface area contributed by atoms with Gasteiger partial charge in [0.15, 0.2) is 0 Å². The zero-order valence-corrected chi connectivity index (χ0v) is 12.5. The van der Waals surface area contributed by atoms with E-state index in [1.807, 2.05) is 17.5 Å². The van der Waals surface area contributed by atoms with Gasteiger partial charge >= 0.3 is 0 Å². The molecule has 1 heterocycles. The van der Waals surface area contributed by atoms with Crippen LogP contribution in [0.3, 0.4) is 0 Å². The molecule has 1 aromatic carbocycles. The van der Waals surface area contributed by atoms with Crippen LogP contribution < -0.4 is 10.5 Å². The van der Waals surface area contributed by atoms with Crippen LogP contribution >= 0.6 is 11.3 Å². The highest BCUT2D eigenvalue weighted by Crippen LogP contribution is 2.24. The molecule has 1 aromatic heterocycles. The maximum atomic E-state index is 12.1. The summed E-state index contributed by atoms with van der Waals surface area (Å²) < 4.78 is 26.6. The number of nitrogens with zero attached hydrogens (tertiary/aromatic N) is 1. The summed E-state index contributed by atoms with van der Waals surface area (Å²) in [6.07, 6.45) is 0.563. The van der Waals surface area contributed by atoms with E-state index in [0.29, 0.717) is 6.42 Å². The molecule has 0 aliphatic heterocycles. The predicted octanol–water partition coefficient (Wildman–Crippen LogP) is 1.76. The number of hydrogen-bond donors (Lipinski definition) is 2. The first-order valence-electron chi connectivity index (χ1n) is 5.96. The van der Waals surface area contributed by atoms with Crippen molar-refractivity contribution in [1.29, 1.82) is 0 Å². The lowest BCUT2D eigenvalue weighted by Gasteiger charge is -2.06. The number of nitrogen functional groups attached to an aromatic ring is 1. The van der Waals surface area contributed by atoms with Gasteiger partial charge in [-0.25, -0.2) is 13.1 Å². The van der Waals surface area contributed by atoms with E-state index >= 15 is 0 Å². The van der Waals surface area contributed by atoms with E-state index in [-0.39, 0.29) is 17.1 Å². The highest BCUT2D eigenvalue weighted by Gasteiger charge is 2.19. The fourth-order valence-corrected chi connectivity index (χ4v) is 3.46. The van der Waals surface area contributed by atoms with E-state index < -0.39 is 20.6 Å². The zero-order chi connectivity index (χ0) is 15.5. The van der Waals surface area contributed by atoms with Gasteiger partial charge in [-0.15, -0.1) is 11.3 Å². The van der Waals surface area contributed by atoms with Crippen molar-refractivity contribution in [1.82, 2.24) is 4.72 Å². The largest absolute Gasteiger partial charge is 0.393 e. The molecule has 0 saturated heterocycles. The second-order valence-corrected chi connectivity index (χ2v) is 7.00. The molecule has 0 atom stereocenters. The molecule has 112 valence electrons. The van der Waals surface area contributed by atoms with Crippen molar-refractivity contribution < 1.29 is 13.3 Å². The number of nitro groups is 1. The fraction of sp³-hybridized carbons (Fsp3) is 0.167. The van der Waals surface area contributed by atoms with Gasteiger partial charge in [-0.2, -0.15) is 0 Å². The summed E-state index contributed by atoms with van der Waals surface area (Å²) in [6, 6.07) is 7.22. The maximum absolute atomic E-state index is 12.1. The van der Waals surface area contributed by atoms with Gasteiger partial charge < -0.3 is 5.73 Å². The number of nitrogens with two attached hydrogens (primary N) is 1. The highest BCUT2D eigenvalue weighted by molar-refractivity contribution is 7.89. The number of benzene rings is 1. The third-order valence-electron chi connectivity index (χ3n) is 2.75. The summed E-state index contributed by atoms with van der Waals surface area (Å²) >= 11 is 1.54. The Hall–Kier alpha value is -1.97. The Morgan fingerprint density at radius 2 is 2.10 bits per heavy atom. The molecule has 0 unspecified atom stereocenters. The minimum atomic E-state index is -3.79. The van der Waals surface area contributed by atoms with Gasteiger partial charge in [0, 0.05) is 17.5 Å². The van der Waals surface area contributed by atoms with Gasteiger partial charge in [-0.05, 0) is 30.0 Å². The molecular formula is C12H13N3O4S2. The zero-order valence-electron chi connectivity index (χ0n) is 10.9. The number of anilines is 1. The molecule has 7 nitrogen and oxygen atoms in total. The lowest BCUT2D eigenvalue weighted by Crippen LogP contribution is -2.26. The molecule has 0 radical (unpaired) electrons. The van der Waals surface area contributed by atoms with Crippen LogP contribution in [0.1, 0.15) is 4.88 Å². The third-order valence-corrected chi connectivity index (χ3v) is 5.15. The van der Waals surface area contributed by atoms with E-state index in [1.54, 1.807) is 0 Å². The Bertz CT molecular complexity index is 742. The molecule has 0 bridgehead atoms. The van der Waals surface area contributed by atoms with E-state index in [0.717, 1.165) is 10.9 Å². The molecule has 0 aliphatic carbocycles. The summed E-state index contributed by atoms with van der Waals surface area (Å²) in [4.78, 5) is 11.0. The molecule has 0 saturated carbocycles. The highest BCUT2D eigenvalue weighted by atomic mass is 32.2. The van der Waals surface area contributed by atoms with Crippen LogP contribution in [0.15, 0.2) is 40.6 Å². The van der Waals surface area contributed by atoms with Crippen LogP contribution in [0.5, 0.6) is 0 Å². The Balaban J connectivity index is 2.12. The predicted molar refractivity (Wildman–Crippen MR) is 80.7 cm³/mol. The van der Waals surface area contributed by atoms with Crippen LogP contribution in [-0.4, -0.2) is 19.9 Å². The first-order valence-corrected chi connectivity index (χ1v) is 8.32. The van der Waals surface area contributed by atoms with Gasteiger partial charge in [0.2, 0.25) is 10.0 Å². The minimum Gasteiger partial charge on any atom is -0.393 e. The number of rotatable bonds is 6. The third kappa shape index (κ3) is 3.78. The van der Waals surface area contributed by atoms with Crippen molar-refractivity contribution in [3.63, 3.8) is 0 Å². The summed E-state index contributed by atoms with van der Waals surface area (Å²) in [5.74, 6) is 0. The average molecular weight is 327 g/mol. The number of sulfonamides is 1. The lowest BCUT2D eigenvalue weighted by molar-refractivity contribution is -0.384. The molecule has 2 aromatic rings. The molecule has 9 heteroatoms. The van der Waals surface area contributed by atoms with Gasteiger partial charge in [-0.1, -0.05) is 6.07 Å². The smallest absolute Gasteiger partial charge is 0.293 e. The normalized spacial score (nSPS) is 11.4. The van der Waals surface area contributed by atoms with Crippen molar-refractivity contribution in [2.75, 3.05) is 12.3 Å². The van der Waals surface area contributed by atoms with Crippen LogP contribution in [0.2, 0.25) is 0 Å². The second kappa shape index (κ2) is 6.20. The van der Waals surface area contributed by atoms with Crippen molar-refractivity contribution in [3.8, 4) is 0 Å². The van der Waals surface area contributed by atoms with Crippen LogP contribution in [0.4, 0.5) is 11.4 Å². The number of hydrogen-bond acceptors (Lipinski definition) is 6. The summed E-state index contributed by atoms with van der Waals surface area (Å²) in [6.45, 7) is 0.223. The van der Waals surface area contributed by atoms with Gasteiger partial charge in [0.25, 0.3) is 5.69 Å². The van der Waals surface area contributed by atoms with Crippen LogP contribution in [0.25, 0.3) is 0 Å². The second-order valence-electron chi connectivity index (χ2n) is 4.20. The molecule has 0 aliphatic rings. The van der Waals surface area contributed by atoms with E-state index in [9.17, 15) is 18.5 Å². The quantitative estimate of drug-likeness (QED) is 0.476. The van der Waals surface area contributed by atoms with Crippen LogP contribution in [-0.2, 0) is 16.4 Å². The summed E-state index contributed by atoms with van der Waals surface area (Å²) in [5.41, 5.74) is 4.95. The number of nitro benzene ring substituents is 1. The average Bonchev–Trinajstić information content (AvgIpc) is 2.91. The minimum absolute atomic E-state index is 0.0717. The fourth-order valence-electron chi connectivity index (χ4n) is 1.70. The standard InChI is InChI=1S/C12H13N3O4S2/c13-11-4-3-10(8-12(11)15(16)17)21(18,19)14-6-5-9-2-1-7-20-9/h1-4,7-8,14H,5-6,13H2. The molecule has 3 N–H and O–H groups in total. The van der Waals surface area contributed by atoms with E-state index in [2.05, 4.69) is 4.72 Å². The molecular weight excluding hydrogens is 314 g/mol. The Labute approximate surface area is 125 Å². The molecule has 0 amide bonds. The number of thiophene rings is 1. The Kier molecular flexibility index (Phi) is 4.56. The molecule has 21 heavy (non-hydrogen) atoms. The molecule has 0 spiro atoms. The van der Waals surface area contributed by atoms with Crippen molar-refractivity contribution in [3.05, 3.63) is 50.7 Å². The topological polar surface area (TPSA) is 115 Å².